The fourth-order valence-corrected chi connectivity index (χ4v) is 2.50. The molecule has 0 aliphatic rings. The lowest BCUT2D eigenvalue weighted by Crippen LogP contribution is -2.29. The van der Waals surface area contributed by atoms with Crippen LogP contribution >= 0.6 is 11.3 Å². The second-order valence-corrected chi connectivity index (χ2v) is 5.22. The summed E-state index contributed by atoms with van der Waals surface area (Å²) in [6.45, 7) is 4.06. The van der Waals surface area contributed by atoms with Crippen LogP contribution in [-0.4, -0.2) is 33.3 Å². The Morgan fingerprint density at radius 1 is 1.53 bits per heavy atom. The minimum absolute atomic E-state index is 0.0397. The molecule has 0 saturated carbocycles. The van der Waals surface area contributed by atoms with E-state index in [-0.39, 0.29) is 11.9 Å². The van der Waals surface area contributed by atoms with Crippen LogP contribution in [0.5, 0.6) is 0 Å². The molecule has 0 fully saturated rings. The molecule has 17 heavy (non-hydrogen) atoms. The summed E-state index contributed by atoms with van der Waals surface area (Å²) in [5, 5.41) is 9.88. The lowest BCUT2D eigenvalue weighted by Gasteiger charge is -2.22. The highest BCUT2D eigenvalue weighted by molar-refractivity contribution is 7.12. The molecule has 1 N–H and O–H groups in total. The van der Waals surface area contributed by atoms with Gasteiger partial charge >= 0.3 is 0 Å². The third kappa shape index (κ3) is 2.36. The number of H-pyrrole nitrogens is 1. The van der Waals surface area contributed by atoms with Gasteiger partial charge in [0.25, 0.3) is 5.91 Å². The number of nitrogens with zero attached hydrogens (tertiary/aromatic N) is 3. The molecule has 0 aliphatic carbocycles. The van der Waals surface area contributed by atoms with Gasteiger partial charge in [-0.1, -0.05) is 0 Å². The van der Waals surface area contributed by atoms with Crippen LogP contribution in [0.1, 0.15) is 33.2 Å². The Balaban J connectivity index is 2.15. The number of carbonyl (C=O) groups is 1. The van der Waals surface area contributed by atoms with Crippen LogP contribution in [0, 0.1) is 6.92 Å². The maximum Gasteiger partial charge on any atom is 0.276 e. The number of nitrogens with one attached hydrogen (secondary N) is 1. The van der Waals surface area contributed by atoms with Crippen molar-refractivity contribution in [1.29, 1.82) is 0 Å². The van der Waals surface area contributed by atoms with Gasteiger partial charge in [0.15, 0.2) is 5.69 Å². The Labute approximate surface area is 103 Å². The van der Waals surface area contributed by atoms with Gasteiger partial charge in [0.2, 0.25) is 0 Å². The largest absolute Gasteiger partial charge is 0.333 e. The summed E-state index contributed by atoms with van der Waals surface area (Å²) in [6.07, 6.45) is 1.44. The van der Waals surface area contributed by atoms with Gasteiger partial charge < -0.3 is 4.90 Å². The van der Waals surface area contributed by atoms with Crippen LogP contribution in [0.3, 0.4) is 0 Å². The van der Waals surface area contributed by atoms with Crippen molar-refractivity contribution >= 4 is 17.2 Å². The van der Waals surface area contributed by atoms with Gasteiger partial charge in [0.05, 0.1) is 12.2 Å². The van der Waals surface area contributed by atoms with E-state index in [1.165, 1.54) is 16.0 Å². The van der Waals surface area contributed by atoms with Crippen LogP contribution < -0.4 is 0 Å². The molecule has 2 aromatic rings. The summed E-state index contributed by atoms with van der Waals surface area (Å²) in [5.41, 5.74) is 0.340. The number of aromatic nitrogens is 3. The number of amides is 1. The number of carbonyl (C=O) groups excluding carboxylic acids is 1. The number of hydrogen-bond acceptors (Lipinski definition) is 4. The van der Waals surface area contributed by atoms with E-state index in [9.17, 15) is 4.79 Å². The quantitative estimate of drug-likeness (QED) is 0.906. The fraction of sp³-hybridized carbons (Fsp3) is 0.364. The lowest BCUT2D eigenvalue weighted by molar-refractivity contribution is 0.0739. The monoisotopic (exact) mass is 250 g/mol. The normalized spacial score (nSPS) is 12.4. The maximum atomic E-state index is 12.0. The summed E-state index contributed by atoms with van der Waals surface area (Å²) in [7, 11) is 1.77. The third-order valence-corrected chi connectivity index (χ3v) is 3.88. The van der Waals surface area contributed by atoms with Gasteiger partial charge in [-0.15, -0.1) is 11.3 Å². The highest BCUT2D eigenvalue weighted by atomic mass is 32.1. The van der Waals surface area contributed by atoms with Crippen molar-refractivity contribution in [1.82, 2.24) is 20.3 Å². The number of aromatic amines is 1. The molecule has 0 aromatic carbocycles. The standard InChI is InChI=1S/C11H14N4OS/c1-7-4-5-10(17-7)8(2)15(3)11(16)9-6-12-14-13-9/h4-6,8H,1-3H3,(H,12,13,14). The minimum atomic E-state index is -0.127. The van der Waals surface area contributed by atoms with Crippen LogP contribution in [0.4, 0.5) is 0 Å². The predicted octanol–water partition coefficient (Wildman–Crippen LogP) is 2.01. The molecule has 2 heterocycles. The first-order valence-corrected chi connectivity index (χ1v) is 6.10. The van der Waals surface area contributed by atoms with E-state index >= 15 is 0 Å². The van der Waals surface area contributed by atoms with Crippen LogP contribution in [0.15, 0.2) is 18.3 Å². The molecule has 90 valence electrons. The Bertz CT molecular complexity index is 505. The Morgan fingerprint density at radius 3 is 2.82 bits per heavy atom. The molecule has 0 saturated heterocycles. The van der Waals surface area contributed by atoms with Crippen LogP contribution in [0.2, 0.25) is 0 Å². The van der Waals surface area contributed by atoms with E-state index in [1.807, 2.05) is 6.92 Å². The van der Waals surface area contributed by atoms with Gasteiger partial charge in [-0.05, 0) is 26.0 Å². The first-order chi connectivity index (χ1) is 8.09. The van der Waals surface area contributed by atoms with E-state index in [0.29, 0.717) is 5.69 Å². The van der Waals surface area contributed by atoms with E-state index in [0.717, 1.165) is 0 Å². The third-order valence-electron chi connectivity index (χ3n) is 2.71. The summed E-state index contributed by atoms with van der Waals surface area (Å²) < 4.78 is 0. The van der Waals surface area contributed by atoms with E-state index < -0.39 is 0 Å². The van der Waals surface area contributed by atoms with Crippen molar-refractivity contribution in [2.75, 3.05) is 7.05 Å². The van der Waals surface area contributed by atoms with Crippen LogP contribution in [-0.2, 0) is 0 Å². The highest BCUT2D eigenvalue weighted by Crippen LogP contribution is 2.26. The summed E-state index contributed by atoms with van der Waals surface area (Å²) in [5.74, 6) is -0.127. The van der Waals surface area contributed by atoms with Gasteiger partial charge in [-0.3, -0.25) is 4.79 Å². The van der Waals surface area contributed by atoms with Gasteiger partial charge in [-0.2, -0.15) is 15.4 Å². The summed E-state index contributed by atoms with van der Waals surface area (Å²) in [4.78, 5) is 16.1. The molecule has 0 bridgehead atoms. The van der Waals surface area contributed by atoms with E-state index in [1.54, 1.807) is 23.3 Å². The molecule has 1 atom stereocenters. The Morgan fingerprint density at radius 2 is 2.29 bits per heavy atom. The molecule has 0 spiro atoms. The molecule has 5 nitrogen and oxygen atoms in total. The van der Waals surface area contributed by atoms with E-state index in [2.05, 4.69) is 34.5 Å². The first kappa shape index (κ1) is 11.8. The predicted molar refractivity (Wildman–Crippen MR) is 65.9 cm³/mol. The van der Waals surface area contributed by atoms with E-state index in [4.69, 9.17) is 0 Å². The fourth-order valence-electron chi connectivity index (χ4n) is 1.53. The maximum absolute atomic E-state index is 12.0. The zero-order valence-corrected chi connectivity index (χ0v) is 10.8. The number of hydrogen-bond donors (Lipinski definition) is 1. The van der Waals surface area contributed by atoms with Crippen molar-refractivity contribution in [2.45, 2.75) is 19.9 Å². The first-order valence-electron chi connectivity index (χ1n) is 5.29. The minimum Gasteiger partial charge on any atom is -0.333 e. The van der Waals surface area contributed by atoms with Crippen molar-refractivity contribution in [2.24, 2.45) is 0 Å². The number of rotatable bonds is 3. The molecule has 0 radical (unpaired) electrons. The summed E-state index contributed by atoms with van der Waals surface area (Å²) in [6, 6.07) is 4.15. The molecule has 2 aromatic heterocycles. The Kier molecular flexibility index (Phi) is 3.23. The Hall–Kier alpha value is -1.69. The second-order valence-electron chi connectivity index (χ2n) is 3.90. The van der Waals surface area contributed by atoms with Gasteiger partial charge in [-0.25, -0.2) is 0 Å². The second kappa shape index (κ2) is 4.67. The smallest absolute Gasteiger partial charge is 0.276 e. The molecular formula is C11H14N4OS. The van der Waals surface area contributed by atoms with Gasteiger partial charge in [0.1, 0.15) is 0 Å². The van der Waals surface area contributed by atoms with Crippen molar-refractivity contribution in [3.8, 4) is 0 Å². The topological polar surface area (TPSA) is 61.9 Å². The molecule has 2 rings (SSSR count). The molecule has 1 unspecified atom stereocenters. The molecular weight excluding hydrogens is 236 g/mol. The average Bonchev–Trinajstić information content (AvgIpc) is 2.96. The zero-order valence-electron chi connectivity index (χ0n) is 9.97. The zero-order chi connectivity index (χ0) is 12.4. The molecule has 6 heteroatoms. The van der Waals surface area contributed by atoms with Gasteiger partial charge in [0, 0.05) is 16.8 Å². The van der Waals surface area contributed by atoms with Crippen molar-refractivity contribution < 1.29 is 4.79 Å². The summed E-state index contributed by atoms with van der Waals surface area (Å²) >= 11 is 1.70. The molecule has 1 amide bonds. The number of aryl methyl sites for hydroxylation is 1. The van der Waals surface area contributed by atoms with Crippen LogP contribution in [0.25, 0.3) is 0 Å². The SMILES string of the molecule is Cc1ccc(C(C)N(C)C(=O)c2cn[nH]n2)s1. The molecule has 0 aliphatic heterocycles. The average molecular weight is 250 g/mol. The number of thiophene rings is 1. The van der Waals surface area contributed by atoms with Crippen molar-refractivity contribution in [3.63, 3.8) is 0 Å². The highest BCUT2D eigenvalue weighted by Gasteiger charge is 2.21. The lowest BCUT2D eigenvalue weighted by atomic mass is 10.2. The van der Waals surface area contributed by atoms with Crippen molar-refractivity contribution in [3.05, 3.63) is 33.8 Å².